The minimum absolute atomic E-state index is 0.347. The summed E-state index contributed by atoms with van der Waals surface area (Å²) >= 11 is 0. The Bertz CT molecular complexity index is 853. The third kappa shape index (κ3) is 5.15. The summed E-state index contributed by atoms with van der Waals surface area (Å²) in [6.45, 7) is 2.63. The maximum atomic E-state index is 12.5. The number of imide groups is 1. The van der Waals surface area contributed by atoms with Crippen molar-refractivity contribution in [3.8, 4) is 0 Å². The van der Waals surface area contributed by atoms with E-state index in [1.807, 2.05) is 0 Å². The monoisotopic (exact) mass is 407 g/mol. The van der Waals surface area contributed by atoms with Crippen LogP contribution in [-0.4, -0.2) is 24.4 Å². The molecule has 5 nitrogen and oxygen atoms in total. The Morgan fingerprint density at radius 3 is 1.87 bits per heavy atom. The van der Waals surface area contributed by atoms with Crippen molar-refractivity contribution in [1.29, 1.82) is 0 Å². The number of fused-ring (bicyclic) bond motifs is 1. The second kappa shape index (κ2) is 10.7. The van der Waals surface area contributed by atoms with Crippen molar-refractivity contribution in [2.45, 2.75) is 58.3 Å². The zero-order valence-corrected chi connectivity index (χ0v) is 17.6. The second-order valence-electron chi connectivity index (χ2n) is 7.65. The molecule has 5 heteroatoms. The molecule has 1 heterocycles. The Labute approximate surface area is 178 Å². The highest BCUT2D eigenvalue weighted by atomic mass is 16.5. The number of carbonyl (C=O) groups is 3. The first-order chi connectivity index (χ1) is 14.6. The minimum Gasteiger partial charge on any atom is -0.462 e. The summed E-state index contributed by atoms with van der Waals surface area (Å²) in [7, 11) is 0. The molecule has 0 saturated carbocycles. The molecule has 0 unspecified atom stereocenters. The van der Waals surface area contributed by atoms with E-state index < -0.39 is 0 Å². The number of hydrogen-bond acceptors (Lipinski definition) is 4. The number of nitrogens with zero attached hydrogens (tertiary/aromatic N) is 1. The summed E-state index contributed by atoms with van der Waals surface area (Å²) in [6, 6.07) is 13.2. The Morgan fingerprint density at radius 1 is 0.767 bits per heavy atom. The molecular weight excluding hydrogens is 378 g/mol. The first-order valence-electron chi connectivity index (χ1n) is 10.9. The summed E-state index contributed by atoms with van der Waals surface area (Å²) < 4.78 is 5.35. The van der Waals surface area contributed by atoms with Crippen molar-refractivity contribution in [2.75, 3.05) is 11.5 Å². The van der Waals surface area contributed by atoms with Gasteiger partial charge in [0.05, 0.1) is 29.0 Å². The first kappa shape index (κ1) is 21.8. The topological polar surface area (TPSA) is 63.7 Å². The van der Waals surface area contributed by atoms with E-state index in [0.29, 0.717) is 29.0 Å². The van der Waals surface area contributed by atoms with Crippen LogP contribution in [0.4, 0.5) is 5.69 Å². The van der Waals surface area contributed by atoms with Crippen LogP contribution in [0.5, 0.6) is 0 Å². The molecular formula is C25H29NO4. The molecule has 1 aliphatic heterocycles. The minimum atomic E-state index is -0.383. The molecule has 2 aromatic rings. The van der Waals surface area contributed by atoms with E-state index in [-0.39, 0.29) is 17.8 Å². The maximum absolute atomic E-state index is 12.5. The standard InChI is InChI=1S/C25H29NO4/c1-2-3-4-5-6-7-8-11-18-30-25(29)19-14-16-20(17-15-19)26-23(27)21-12-9-10-13-22(21)24(26)28/h9-10,12-17H,2-8,11,18H2,1H3. The van der Waals surface area contributed by atoms with Gasteiger partial charge in [0.15, 0.2) is 0 Å². The van der Waals surface area contributed by atoms with Gasteiger partial charge in [-0.2, -0.15) is 0 Å². The first-order valence-corrected chi connectivity index (χ1v) is 10.9. The van der Waals surface area contributed by atoms with Crippen molar-refractivity contribution in [1.82, 2.24) is 0 Å². The summed E-state index contributed by atoms with van der Waals surface area (Å²) in [6.07, 6.45) is 9.52. The van der Waals surface area contributed by atoms with Gasteiger partial charge < -0.3 is 4.74 Å². The van der Waals surface area contributed by atoms with Crippen LogP contribution in [0.25, 0.3) is 0 Å². The quantitative estimate of drug-likeness (QED) is 0.269. The third-order valence-corrected chi connectivity index (χ3v) is 5.39. The van der Waals surface area contributed by atoms with Crippen molar-refractivity contribution in [3.05, 3.63) is 65.2 Å². The number of rotatable bonds is 11. The van der Waals surface area contributed by atoms with Crippen molar-refractivity contribution in [3.63, 3.8) is 0 Å². The Kier molecular flexibility index (Phi) is 7.77. The van der Waals surface area contributed by atoms with E-state index in [9.17, 15) is 14.4 Å². The van der Waals surface area contributed by atoms with Crippen LogP contribution in [-0.2, 0) is 4.74 Å². The number of ether oxygens (including phenoxy) is 1. The number of amides is 2. The Morgan fingerprint density at radius 2 is 1.30 bits per heavy atom. The van der Waals surface area contributed by atoms with E-state index >= 15 is 0 Å². The zero-order chi connectivity index (χ0) is 21.3. The van der Waals surface area contributed by atoms with Crippen LogP contribution < -0.4 is 4.90 Å². The van der Waals surface area contributed by atoms with Crippen molar-refractivity contribution < 1.29 is 19.1 Å². The van der Waals surface area contributed by atoms with Crippen LogP contribution in [0.3, 0.4) is 0 Å². The van der Waals surface area contributed by atoms with Crippen LogP contribution >= 0.6 is 0 Å². The molecule has 3 rings (SSSR count). The van der Waals surface area contributed by atoms with Crippen LogP contribution in [0.15, 0.2) is 48.5 Å². The lowest BCUT2D eigenvalue weighted by Crippen LogP contribution is -2.29. The average Bonchev–Trinajstić information content (AvgIpc) is 3.03. The zero-order valence-electron chi connectivity index (χ0n) is 17.6. The van der Waals surface area contributed by atoms with E-state index in [1.54, 1.807) is 48.5 Å². The SMILES string of the molecule is CCCCCCCCCCOC(=O)c1ccc(N2C(=O)c3ccccc3C2=O)cc1. The lowest BCUT2D eigenvalue weighted by atomic mass is 10.1. The van der Waals surface area contributed by atoms with Crippen molar-refractivity contribution in [2.24, 2.45) is 0 Å². The number of unbranched alkanes of at least 4 members (excludes halogenated alkanes) is 7. The molecule has 1 aliphatic rings. The van der Waals surface area contributed by atoms with Gasteiger partial charge in [-0.05, 0) is 42.8 Å². The average molecular weight is 408 g/mol. The molecule has 0 saturated heterocycles. The van der Waals surface area contributed by atoms with Crippen molar-refractivity contribution >= 4 is 23.5 Å². The van der Waals surface area contributed by atoms with Gasteiger partial charge in [-0.1, -0.05) is 64.0 Å². The number of esters is 1. The highest BCUT2D eigenvalue weighted by Gasteiger charge is 2.36. The summed E-state index contributed by atoms with van der Waals surface area (Å²) in [5.74, 6) is -1.08. The number of carbonyl (C=O) groups excluding carboxylic acids is 3. The molecule has 0 spiro atoms. The van der Waals surface area contributed by atoms with E-state index in [4.69, 9.17) is 4.74 Å². The lowest BCUT2D eigenvalue weighted by molar-refractivity contribution is 0.0497. The molecule has 0 bridgehead atoms. The predicted molar refractivity (Wildman–Crippen MR) is 117 cm³/mol. The molecule has 0 radical (unpaired) electrons. The van der Waals surface area contributed by atoms with Gasteiger partial charge >= 0.3 is 5.97 Å². The fraction of sp³-hybridized carbons (Fsp3) is 0.400. The van der Waals surface area contributed by atoms with Gasteiger partial charge in [0.1, 0.15) is 0 Å². The summed E-state index contributed by atoms with van der Waals surface area (Å²) in [5, 5.41) is 0. The van der Waals surface area contributed by atoms with Gasteiger partial charge in [0.2, 0.25) is 0 Å². The van der Waals surface area contributed by atoms with E-state index in [2.05, 4.69) is 6.92 Å². The maximum Gasteiger partial charge on any atom is 0.338 e. The number of hydrogen-bond donors (Lipinski definition) is 0. The highest BCUT2D eigenvalue weighted by Crippen LogP contribution is 2.28. The van der Waals surface area contributed by atoms with Gasteiger partial charge in [-0.3, -0.25) is 9.59 Å². The van der Waals surface area contributed by atoms with Gasteiger partial charge in [-0.25, -0.2) is 9.69 Å². The van der Waals surface area contributed by atoms with E-state index in [1.165, 1.54) is 38.5 Å². The molecule has 2 amide bonds. The molecule has 0 aromatic heterocycles. The van der Waals surface area contributed by atoms with Gasteiger partial charge in [-0.15, -0.1) is 0 Å². The largest absolute Gasteiger partial charge is 0.462 e. The predicted octanol–water partition coefficient (Wildman–Crippen LogP) is 5.78. The second-order valence-corrected chi connectivity index (χ2v) is 7.65. The smallest absolute Gasteiger partial charge is 0.338 e. The fourth-order valence-electron chi connectivity index (χ4n) is 3.65. The van der Waals surface area contributed by atoms with Gasteiger partial charge in [0.25, 0.3) is 11.8 Å². The molecule has 0 atom stereocenters. The normalized spacial score (nSPS) is 12.9. The molecule has 30 heavy (non-hydrogen) atoms. The highest BCUT2D eigenvalue weighted by molar-refractivity contribution is 6.34. The molecule has 0 fully saturated rings. The number of benzene rings is 2. The Balaban J connectivity index is 1.45. The van der Waals surface area contributed by atoms with Gasteiger partial charge in [0, 0.05) is 0 Å². The molecule has 2 aromatic carbocycles. The third-order valence-electron chi connectivity index (χ3n) is 5.39. The van der Waals surface area contributed by atoms with Crippen LogP contribution in [0.1, 0.15) is 89.4 Å². The molecule has 158 valence electrons. The lowest BCUT2D eigenvalue weighted by Gasteiger charge is -2.14. The number of anilines is 1. The van der Waals surface area contributed by atoms with Crippen LogP contribution in [0, 0.1) is 0 Å². The Hall–Kier alpha value is -2.95. The molecule has 0 N–H and O–H groups in total. The fourth-order valence-corrected chi connectivity index (χ4v) is 3.65. The summed E-state index contributed by atoms with van der Waals surface area (Å²) in [4.78, 5) is 38.4. The van der Waals surface area contributed by atoms with Crippen LogP contribution in [0.2, 0.25) is 0 Å². The summed E-state index contributed by atoms with van der Waals surface area (Å²) in [5.41, 5.74) is 1.66. The molecule has 0 aliphatic carbocycles. The van der Waals surface area contributed by atoms with E-state index in [0.717, 1.165) is 17.7 Å².